The first-order valence-corrected chi connectivity index (χ1v) is 12.7. The van der Waals surface area contributed by atoms with E-state index in [9.17, 15) is 9.59 Å². The molecule has 0 bridgehead atoms. The lowest BCUT2D eigenvalue weighted by molar-refractivity contribution is -0.153. The highest BCUT2D eigenvalue weighted by atomic mass is 35.5. The molecule has 35 heavy (non-hydrogen) atoms. The lowest BCUT2D eigenvalue weighted by atomic mass is 9.86. The molecule has 0 spiro atoms. The number of carbonyl (C=O) groups excluding carboxylic acids is 2. The van der Waals surface area contributed by atoms with Crippen molar-refractivity contribution in [2.24, 2.45) is 11.8 Å². The molecule has 2 aliphatic rings. The molecule has 2 saturated carbocycles. The fourth-order valence-corrected chi connectivity index (χ4v) is 2.81. The molecule has 0 aliphatic heterocycles. The van der Waals surface area contributed by atoms with E-state index in [2.05, 4.69) is 0 Å². The van der Waals surface area contributed by atoms with Crippen LogP contribution in [0.4, 0.5) is 0 Å². The summed E-state index contributed by atoms with van der Waals surface area (Å²) in [4.78, 5) is 21.5. The maximum absolute atomic E-state index is 11.3. The van der Waals surface area contributed by atoms with Crippen molar-refractivity contribution in [3.8, 4) is 0 Å². The molecule has 0 saturated heterocycles. The second kappa shape index (κ2) is 26.2. The monoisotopic (exact) mass is 528 g/mol. The van der Waals surface area contributed by atoms with Gasteiger partial charge in [0.25, 0.3) is 0 Å². The van der Waals surface area contributed by atoms with Crippen LogP contribution in [0.2, 0.25) is 0 Å². The molecule has 208 valence electrons. The number of methoxy groups -OCH3 is 2. The third-order valence-electron chi connectivity index (χ3n) is 5.18. The number of carbonyl (C=O) groups is 2. The molecule has 2 rings (SSSR count). The Morgan fingerprint density at radius 1 is 0.657 bits per heavy atom. The summed E-state index contributed by atoms with van der Waals surface area (Å²) in [6.45, 7) is 5.76. The number of aliphatic hydroxyl groups excluding tert-OH is 1. The quantitative estimate of drug-likeness (QED) is 0.152. The first-order chi connectivity index (χ1) is 17.1. The van der Waals surface area contributed by atoms with Crippen LogP contribution in [0, 0.1) is 11.8 Å². The predicted octanol–water partition coefficient (Wildman–Crippen LogP) is 2.22. The van der Waals surface area contributed by atoms with Crippen LogP contribution in [-0.4, -0.2) is 110 Å². The predicted molar refractivity (Wildman–Crippen MR) is 131 cm³/mol. The van der Waals surface area contributed by atoms with E-state index >= 15 is 0 Å². The molecular formula is C24H45ClO10. The SMILES string of the molecule is COCCOCCOCCO.COCCOCCOCCOC(=O)C1CCC1.O=C(Cl)C1CCC1. The van der Waals surface area contributed by atoms with Crippen molar-refractivity contribution in [2.45, 2.75) is 38.5 Å². The number of esters is 1. The molecule has 11 heteroatoms. The molecule has 10 nitrogen and oxygen atoms in total. The van der Waals surface area contributed by atoms with Gasteiger partial charge in [-0.1, -0.05) is 12.8 Å². The molecule has 0 amide bonds. The van der Waals surface area contributed by atoms with Gasteiger partial charge in [-0.3, -0.25) is 9.59 Å². The number of aliphatic hydroxyl groups is 1. The Morgan fingerprint density at radius 3 is 1.37 bits per heavy atom. The molecule has 0 atom stereocenters. The van der Waals surface area contributed by atoms with E-state index in [1.807, 2.05) is 0 Å². The van der Waals surface area contributed by atoms with Gasteiger partial charge >= 0.3 is 5.97 Å². The van der Waals surface area contributed by atoms with E-state index in [-0.39, 0.29) is 29.7 Å². The van der Waals surface area contributed by atoms with E-state index in [1.54, 1.807) is 14.2 Å². The zero-order valence-corrected chi connectivity index (χ0v) is 22.1. The highest BCUT2D eigenvalue weighted by Gasteiger charge is 2.26. The van der Waals surface area contributed by atoms with Gasteiger partial charge in [0.05, 0.1) is 78.6 Å². The molecule has 0 aromatic heterocycles. The molecule has 2 aliphatic carbocycles. The van der Waals surface area contributed by atoms with Crippen molar-refractivity contribution >= 4 is 22.8 Å². The standard InChI is InChI=1S/C12H22O5.C7H16O4.C5H7ClO/c1-14-5-6-15-7-8-16-9-10-17-12(13)11-3-2-4-11;1-9-4-5-11-7-6-10-3-2-8;6-5(7)4-2-1-3-4/h11H,2-10H2,1H3;8H,2-7H2,1H3;4H,1-3H2. The summed E-state index contributed by atoms with van der Waals surface area (Å²) < 4.78 is 35.2. The van der Waals surface area contributed by atoms with Crippen molar-refractivity contribution in [3.05, 3.63) is 0 Å². The zero-order valence-electron chi connectivity index (χ0n) is 21.4. The Bertz CT molecular complexity index is 479. The number of ether oxygens (including phenoxy) is 7. The highest BCUT2D eigenvalue weighted by molar-refractivity contribution is 6.64. The van der Waals surface area contributed by atoms with Gasteiger partial charge in [-0.15, -0.1) is 0 Å². The lowest BCUT2D eigenvalue weighted by Gasteiger charge is -2.22. The lowest BCUT2D eigenvalue weighted by Crippen LogP contribution is -2.25. The van der Waals surface area contributed by atoms with Crippen LogP contribution >= 0.6 is 11.6 Å². The van der Waals surface area contributed by atoms with E-state index in [0.29, 0.717) is 72.7 Å². The third kappa shape index (κ3) is 22.1. The average Bonchev–Trinajstić information content (AvgIpc) is 2.75. The largest absolute Gasteiger partial charge is 0.463 e. The Hall–Kier alpha value is -0.850. The molecule has 0 aromatic rings. The van der Waals surface area contributed by atoms with Crippen molar-refractivity contribution < 1.29 is 47.9 Å². The van der Waals surface area contributed by atoms with Crippen molar-refractivity contribution in [3.63, 3.8) is 0 Å². The maximum Gasteiger partial charge on any atom is 0.309 e. The minimum absolute atomic E-state index is 0.0675. The first-order valence-electron chi connectivity index (χ1n) is 12.3. The minimum atomic E-state index is -0.147. The van der Waals surface area contributed by atoms with Gasteiger partial charge in [-0.25, -0.2) is 0 Å². The molecule has 0 aromatic carbocycles. The molecule has 0 unspecified atom stereocenters. The third-order valence-corrected chi connectivity index (χ3v) is 5.49. The average molecular weight is 529 g/mol. The van der Waals surface area contributed by atoms with Crippen LogP contribution < -0.4 is 0 Å². The van der Waals surface area contributed by atoms with Gasteiger partial charge in [0.2, 0.25) is 5.24 Å². The molecule has 1 N–H and O–H groups in total. The molecule has 0 radical (unpaired) electrons. The van der Waals surface area contributed by atoms with Gasteiger partial charge in [-0.05, 0) is 37.3 Å². The van der Waals surface area contributed by atoms with Crippen molar-refractivity contribution in [2.75, 3.05) is 93.5 Å². The van der Waals surface area contributed by atoms with Gasteiger partial charge < -0.3 is 38.3 Å². The van der Waals surface area contributed by atoms with E-state index in [4.69, 9.17) is 49.9 Å². The van der Waals surface area contributed by atoms with Crippen LogP contribution in [0.3, 0.4) is 0 Å². The number of rotatable bonds is 19. The van der Waals surface area contributed by atoms with Gasteiger partial charge in [-0.2, -0.15) is 0 Å². The number of hydrogen-bond acceptors (Lipinski definition) is 10. The summed E-state index contributed by atoms with van der Waals surface area (Å²) in [6.07, 6.45) is 6.32. The second-order valence-corrected chi connectivity index (χ2v) is 8.26. The Balaban J connectivity index is 0.000000548. The normalized spacial score (nSPS) is 15.1. The highest BCUT2D eigenvalue weighted by Crippen LogP contribution is 2.28. The smallest absolute Gasteiger partial charge is 0.309 e. The second-order valence-electron chi connectivity index (χ2n) is 7.89. The van der Waals surface area contributed by atoms with E-state index in [0.717, 1.165) is 32.1 Å². The Morgan fingerprint density at radius 2 is 1.06 bits per heavy atom. The van der Waals surface area contributed by atoms with Gasteiger partial charge in [0, 0.05) is 20.1 Å². The minimum Gasteiger partial charge on any atom is -0.463 e. The van der Waals surface area contributed by atoms with Crippen molar-refractivity contribution in [1.82, 2.24) is 0 Å². The number of hydrogen-bond donors (Lipinski definition) is 1. The Labute approximate surface area is 214 Å². The topological polar surface area (TPSA) is 119 Å². The summed E-state index contributed by atoms with van der Waals surface area (Å²) >= 11 is 5.14. The molecular weight excluding hydrogens is 484 g/mol. The van der Waals surface area contributed by atoms with Crippen molar-refractivity contribution in [1.29, 1.82) is 0 Å². The van der Waals surface area contributed by atoms with Crippen LogP contribution in [-0.2, 0) is 42.7 Å². The zero-order chi connectivity index (χ0) is 26.0. The van der Waals surface area contributed by atoms with Gasteiger partial charge in [0.1, 0.15) is 6.61 Å². The first kappa shape index (κ1) is 34.1. The van der Waals surface area contributed by atoms with Crippen LogP contribution in [0.25, 0.3) is 0 Å². The van der Waals surface area contributed by atoms with Crippen LogP contribution in [0.15, 0.2) is 0 Å². The van der Waals surface area contributed by atoms with Crippen LogP contribution in [0.1, 0.15) is 38.5 Å². The number of halogens is 1. The summed E-state index contributed by atoms with van der Waals surface area (Å²) in [5.74, 6) is 0.283. The van der Waals surface area contributed by atoms with E-state index in [1.165, 1.54) is 6.42 Å². The fraction of sp³-hybridized carbons (Fsp3) is 0.917. The summed E-state index contributed by atoms with van der Waals surface area (Å²) in [6, 6.07) is 0. The molecule has 2 fully saturated rings. The fourth-order valence-electron chi connectivity index (χ4n) is 2.59. The van der Waals surface area contributed by atoms with Crippen LogP contribution in [0.5, 0.6) is 0 Å². The maximum atomic E-state index is 11.3. The molecule has 0 heterocycles. The summed E-state index contributed by atoms with van der Waals surface area (Å²) in [7, 11) is 3.27. The summed E-state index contributed by atoms with van der Waals surface area (Å²) in [5, 5.41) is 8.17. The summed E-state index contributed by atoms with van der Waals surface area (Å²) in [5.41, 5.74) is 0. The van der Waals surface area contributed by atoms with E-state index < -0.39 is 0 Å². The van der Waals surface area contributed by atoms with Gasteiger partial charge in [0.15, 0.2) is 0 Å². The Kier molecular flexibility index (Phi) is 25.6.